The number of nitrogens with zero attached hydrogens (tertiary/aromatic N) is 1. The normalized spacial score (nSPS) is 26.4. The summed E-state index contributed by atoms with van der Waals surface area (Å²) in [6.45, 7) is 3.34. The molecule has 24 heavy (non-hydrogen) atoms. The minimum Gasteiger partial charge on any atom is -0.490 e. The highest BCUT2D eigenvalue weighted by atomic mass is 19.1. The number of benzene rings is 1. The second kappa shape index (κ2) is 8.82. The van der Waals surface area contributed by atoms with E-state index in [1.165, 1.54) is 37.8 Å². The Morgan fingerprint density at radius 2 is 1.67 bits per heavy atom. The highest BCUT2D eigenvalue weighted by Gasteiger charge is 2.26. The van der Waals surface area contributed by atoms with Crippen LogP contribution in [-0.4, -0.2) is 37.2 Å². The van der Waals surface area contributed by atoms with Crippen LogP contribution in [0.15, 0.2) is 24.3 Å². The second-order valence-electron chi connectivity index (χ2n) is 7.37. The van der Waals surface area contributed by atoms with E-state index in [4.69, 9.17) is 4.74 Å². The Morgan fingerprint density at radius 3 is 2.33 bits per heavy atom. The van der Waals surface area contributed by atoms with Gasteiger partial charge in [-0.1, -0.05) is 19.3 Å². The van der Waals surface area contributed by atoms with Gasteiger partial charge in [0.25, 0.3) is 0 Å². The Labute approximate surface area is 144 Å². The summed E-state index contributed by atoms with van der Waals surface area (Å²) in [5.74, 6) is 1.59. The molecule has 0 amide bonds. The topological polar surface area (TPSA) is 32.4 Å². The smallest absolute Gasteiger partial charge is 0.123 e. The summed E-state index contributed by atoms with van der Waals surface area (Å²) < 4.78 is 18.9. The average molecular weight is 334 g/mol. The molecule has 1 saturated carbocycles. The molecule has 2 atom stereocenters. The van der Waals surface area contributed by atoms with E-state index < -0.39 is 0 Å². The van der Waals surface area contributed by atoms with Crippen molar-refractivity contribution in [3.63, 3.8) is 0 Å². The van der Waals surface area contributed by atoms with Crippen LogP contribution in [0, 0.1) is 17.7 Å². The van der Waals surface area contributed by atoms with Gasteiger partial charge in [-0.2, -0.15) is 0 Å². The predicted molar refractivity (Wildman–Crippen MR) is 92.1 cm³/mol. The van der Waals surface area contributed by atoms with Crippen LogP contribution >= 0.6 is 0 Å². The Kier molecular flexibility index (Phi) is 6.50. The molecule has 0 bridgehead atoms. The van der Waals surface area contributed by atoms with Crippen LogP contribution < -0.4 is 4.74 Å². The van der Waals surface area contributed by atoms with Gasteiger partial charge in [-0.05, 0) is 68.3 Å². The van der Waals surface area contributed by atoms with Crippen molar-refractivity contribution < 1.29 is 14.2 Å². The Hall–Kier alpha value is -1.13. The molecule has 2 unspecified atom stereocenters. The molecule has 1 radical (unpaired) electrons. The van der Waals surface area contributed by atoms with Gasteiger partial charge in [0.2, 0.25) is 0 Å². The summed E-state index contributed by atoms with van der Waals surface area (Å²) in [6, 6.07) is 6.30. The van der Waals surface area contributed by atoms with Crippen molar-refractivity contribution in [1.29, 1.82) is 0 Å². The SMILES string of the molecule is [O]CC1CCCCC1CCN1CCC(Oc2ccc(F)cc2)CC1. The predicted octanol–water partition coefficient (Wildman–Crippen LogP) is 4.30. The van der Waals surface area contributed by atoms with E-state index in [2.05, 4.69) is 4.90 Å². The number of ether oxygens (including phenoxy) is 1. The molecule has 2 fully saturated rings. The molecule has 1 aromatic rings. The third-order valence-electron chi connectivity index (χ3n) is 5.75. The van der Waals surface area contributed by atoms with Gasteiger partial charge in [0, 0.05) is 13.1 Å². The number of rotatable bonds is 6. The molecule has 3 nitrogen and oxygen atoms in total. The third-order valence-corrected chi connectivity index (χ3v) is 5.75. The number of piperidine rings is 1. The monoisotopic (exact) mass is 334 g/mol. The van der Waals surface area contributed by atoms with Gasteiger partial charge >= 0.3 is 0 Å². The van der Waals surface area contributed by atoms with Gasteiger partial charge in [-0.15, -0.1) is 0 Å². The van der Waals surface area contributed by atoms with E-state index in [1.807, 2.05) is 0 Å². The van der Waals surface area contributed by atoms with Crippen molar-refractivity contribution >= 4 is 0 Å². The first-order valence-corrected chi connectivity index (χ1v) is 9.47. The van der Waals surface area contributed by atoms with Crippen LogP contribution in [0.25, 0.3) is 0 Å². The Bertz CT molecular complexity index is 485. The van der Waals surface area contributed by atoms with Crippen LogP contribution in [-0.2, 0) is 5.11 Å². The number of hydrogen-bond acceptors (Lipinski definition) is 2. The lowest BCUT2D eigenvalue weighted by atomic mass is 9.78. The molecular formula is C20H29FNO2. The summed E-state index contributed by atoms with van der Waals surface area (Å²) in [7, 11) is 0. The van der Waals surface area contributed by atoms with E-state index in [0.29, 0.717) is 11.8 Å². The van der Waals surface area contributed by atoms with Crippen molar-refractivity contribution in [1.82, 2.24) is 4.90 Å². The fraction of sp³-hybridized carbons (Fsp3) is 0.700. The molecule has 0 N–H and O–H groups in total. The maximum Gasteiger partial charge on any atom is 0.123 e. The Balaban J connectivity index is 1.38. The van der Waals surface area contributed by atoms with Crippen molar-refractivity contribution in [3.8, 4) is 5.75 Å². The van der Waals surface area contributed by atoms with Gasteiger partial charge in [0.05, 0.1) is 6.61 Å². The van der Waals surface area contributed by atoms with Crippen molar-refractivity contribution in [2.45, 2.75) is 51.0 Å². The van der Waals surface area contributed by atoms with E-state index in [1.54, 1.807) is 12.1 Å². The first-order chi connectivity index (χ1) is 11.7. The lowest BCUT2D eigenvalue weighted by Gasteiger charge is -2.35. The lowest BCUT2D eigenvalue weighted by Crippen LogP contribution is -2.39. The summed E-state index contributed by atoms with van der Waals surface area (Å²) in [6.07, 6.45) is 8.38. The maximum absolute atomic E-state index is 12.9. The van der Waals surface area contributed by atoms with Crippen molar-refractivity contribution in [2.75, 3.05) is 26.2 Å². The highest BCUT2D eigenvalue weighted by molar-refractivity contribution is 5.22. The summed E-state index contributed by atoms with van der Waals surface area (Å²) >= 11 is 0. The standard InChI is InChI=1S/C20H29FNO2/c21-18-5-7-19(8-6-18)24-20-10-13-22(14-11-20)12-9-16-3-1-2-4-17(16)15-23/h5-8,16-17,20H,1-4,9-15H2. The molecular weight excluding hydrogens is 305 g/mol. The minimum absolute atomic E-state index is 0.109. The molecule has 3 rings (SSSR count). The van der Waals surface area contributed by atoms with Gasteiger partial charge < -0.3 is 9.64 Å². The van der Waals surface area contributed by atoms with Gasteiger partial charge in [-0.25, -0.2) is 9.50 Å². The molecule has 1 heterocycles. The molecule has 1 saturated heterocycles. The molecule has 1 aliphatic carbocycles. The molecule has 133 valence electrons. The zero-order valence-electron chi connectivity index (χ0n) is 14.5. The highest BCUT2D eigenvalue weighted by Crippen LogP contribution is 2.32. The number of halogens is 1. The fourth-order valence-electron chi connectivity index (χ4n) is 4.19. The molecule has 0 aromatic heterocycles. The second-order valence-corrected chi connectivity index (χ2v) is 7.37. The van der Waals surface area contributed by atoms with E-state index in [9.17, 15) is 9.50 Å². The zero-order chi connectivity index (χ0) is 16.8. The zero-order valence-corrected chi connectivity index (χ0v) is 14.5. The first-order valence-electron chi connectivity index (χ1n) is 9.47. The van der Waals surface area contributed by atoms with E-state index >= 15 is 0 Å². The maximum atomic E-state index is 12.9. The summed E-state index contributed by atoms with van der Waals surface area (Å²) in [5, 5.41) is 11.3. The fourth-order valence-corrected chi connectivity index (χ4v) is 4.19. The largest absolute Gasteiger partial charge is 0.490 e. The van der Waals surface area contributed by atoms with Crippen LogP contribution in [0.3, 0.4) is 0 Å². The van der Waals surface area contributed by atoms with Crippen LogP contribution in [0.2, 0.25) is 0 Å². The summed E-state index contributed by atoms with van der Waals surface area (Å²) in [4.78, 5) is 2.51. The lowest BCUT2D eigenvalue weighted by molar-refractivity contribution is 0.0646. The average Bonchev–Trinajstić information content (AvgIpc) is 2.63. The van der Waals surface area contributed by atoms with Gasteiger partial charge in [0.1, 0.15) is 17.7 Å². The van der Waals surface area contributed by atoms with Crippen LogP contribution in [0.1, 0.15) is 44.9 Å². The molecule has 1 aromatic carbocycles. The Morgan fingerprint density at radius 1 is 1.00 bits per heavy atom. The van der Waals surface area contributed by atoms with E-state index in [-0.39, 0.29) is 18.5 Å². The summed E-state index contributed by atoms with van der Waals surface area (Å²) in [5.41, 5.74) is 0. The molecule has 2 aliphatic rings. The van der Waals surface area contributed by atoms with Gasteiger partial charge in [-0.3, -0.25) is 0 Å². The van der Waals surface area contributed by atoms with Crippen molar-refractivity contribution in [3.05, 3.63) is 30.1 Å². The van der Waals surface area contributed by atoms with Crippen LogP contribution in [0.4, 0.5) is 4.39 Å². The molecule has 1 aliphatic heterocycles. The number of likely N-dealkylation sites (tertiary alicyclic amines) is 1. The molecule has 4 heteroatoms. The quantitative estimate of drug-likeness (QED) is 0.777. The number of hydrogen-bond donors (Lipinski definition) is 0. The minimum atomic E-state index is -0.226. The van der Waals surface area contributed by atoms with Gasteiger partial charge in [0.15, 0.2) is 0 Å². The van der Waals surface area contributed by atoms with Crippen molar-refractivity contribution in [2.24, 2.45) is 11.8 Å². The third kappa shape index (κ3) is 4.93. The van der Waals surface area contributed by atoms with Crippen LogP contribution in [0.5, 0.6) is 5.75 Å². The molecule has 0 spiro atoms. The van der Waals surface area contributed by atoms with E-state index in [0.717, 1.165) is 44.6 Å². The first kappa shape index (κ1) is 17.7.